The zero-order valence-electron chi connectivity index (χ0n) is 19.1. The monoisotopic (exact) mass is 477 g/mol. The number of carbonyl (C=O) groups is 4. The minimum Gasteiger partial charge on any atom is -0.452 e. The molecule has 3 amide bonds. The van der Waals surface area contributed by atoms with E-state index in [9.17, 15) is 29.3 Å². The van der Waals surface area contributed by atoms with Crippen LogP contribution in [0.25, 0.3) is 0 Å². The number of imide groups is 1. The first-order valence-corrected chi connectivity index (χ1v) is 11.0. The average Bonchev–Trinajstić information content (AvgIpc) is 3.09. The molecule has 1 heterocycles. The Labute approximate surface area is 200 Å². The minimum atomic E-state index is -0.771. The van der Waals surface area contributed by atoms with Crippen LogP contribution in [0.1, 0.15) is 29.3 Å². The topological polar surface area (TPSA) is 136 Å². The van der Waals surface area contributed by atoms with E-state index in [-0.39, 0.29) is 46.5 Å². The number of nitro groups is 1. The van der Waals surface area contributed by atoms with Gasteiger partial charge in [-0.25, -0.2) is 4.79 Å². The molecule has 0 unspecified atom stereocenters. The van der Waals surface area contributed by atoms with Gasteiger partial charge in [0.2, 0.25) is 11.8 Å². The van der Waals surface area contributed by atoms with Crippen molar-refractivity contribution in [1.29, 1.82) is 0 Å². The van der Waals surface area contributed by atoms with Gasteiger partial charge >= 0.3 is 5.97 Å². The van der Waals surface area contributed by atoms with Gasteiger partial charge in [0, 0.05) is 17.3 Å². The summed E-state index contributed by atoms with van der Waals surface area (Å²) < 4.78 is 5.02. The lowest BCUT2D eigenvalue weighted by atomic mass is 9.78. The van der Waals surface area contributed by atoms with E-state index in [1.807, 2.05) is 19.1 Å². The van der Waals surface area contributed by atoms with Crippen molar-refractivity contribution in [2.45, 2.75) is 20.3 Å². The van der Waals surface area contributed by atoms with Crippen molar-refractivity contribution in [2.24, 2.45) is 17.8 Å². The van der Waals surface area contributed by atoms with E-state index in [4.69, 9.17) is 4.74 Å². The summed E-state index contributed by atoms with van der Waals surface area (Å²) in [7, 11) is 0. The van der Waals surface area contributed by atoms with Crippen LogP contribution >= 0.6 is 0 Å². The number of nitrogens with one attached hydrogen (secondary N) is 1. The SMILES string of the molecule is Cc1ccc(NC(=O)COC(=O)c2ccc(N3C(=O)[C@H]4[C@H](C)C=CC[C@H]4C3=O)cc2)cc1[N+](=O)[O-]. The van der Waals surface area contributed by atoms with Crippen LogP contribution in [0, 0.1) is 34.8 Å². The van der Waals surface area contributed by atoms with Crippen LogP contribution in [0.2, 0.25) is 0 Å². The summed E-state index contributed by atoms with van der Waals surface area (Å²) in [6.07, 6.45) is 4.40. The second-order valence-corrected chi connectivity index (χ2v) is 8.60. The molecule has 180 valence electrons. The lowest BCUT2D eigenvalue weighted by molar-refractivity contribution is -0.385. The Bertz CT molecular complexity index is 1250. The Kier molecular flexibility index (Phi) is 6.46. The highest BCUT2D eigenvalue weighted by Gasteiger charge is 2.50. The third-order valence-corrected chi connectivity index (χ3v) is 6.26. The molecule has 3 atom stereocenters. The predicted molar refractivity (Wildman–Crippen MR) is 126 cm³/mol. The number of amides is 3. The summed E-state index contributed by atoms with van der Waals surface area (Å²) in [5.41, 5.74) is 1.03. The maximum atomic E-state index is 12.9. The number of esters is 1. The zero-order chi connectivity index (χ0) is 25.3. The highest BCUT2D eigenvalue weighted by molar-refractivity contribution is 6.22. The molecule has 2 aromatic rings. The first-order chi connectivity index (χ1) is 16.7. The quantitative estimate of drug-likeness (QED) is 0.221. The number of anilines is 2. The van der Waals surface area contributed by atoms with E-state index < -0.39 is 23.4 Å². The molecule has 1 aliphatic heterocycles. The predicted octanol–water partition coefficient (Wildman–Crippen LogP) is 3.40. The van der Waals surface area contributed by atoms with Gasteiger partial charge in [0.15, 0.2) is 6.61 Å². The van der Waals surface area contributed by atoms with E-state index in [1.165, 1.54) is 47.4 Å². The number of fused-ring (bicyclic) bond motifs is 1. The lowest BCUT2D eigenvalue weighted by Gasteiger charge is -2.22. The Morgan fingerprint density at radius 1 is 1.14 bits per heavy atom. The fourth-order valence-electron chi connectivity index (χ4n) is 4.44. The van der Waals surface area contributed by atoms with Crippen LogP contribution in [-0.2, 0) is 19.1 Å². The molecule has 35 heavy (non-hydrogen) atoms. The van der Waals surface area contributed by atoms with Gasteiger partial charge in [-0.15, -0.1) is 0 Å². The van der Waals surface area contributed by atoms with Crippen molar-refractivity contribution < 1.29 is 28.8 Å². The van der Waals surface area contributed by atoms with Crippen LogP contribution < -0.4 is 10.2 Å². The molecule has 10 heteroatoms. The van der Waals surface area contributed by atoms with Crippen LogP contribution in [-0.4, -0.2) is 35.2 Å². The summed E-state index contributed by atoms with van der Waals surface area (Å²) in [6.45, 7) is 2.90. The maximum absolute atomic E-state index is 12.9. The molecule has 1 N–H and O–H groups in total. The number of nitro benzene ring substituents is 1. The number of rotatable bonds is 6. The number of nitrogens with zero attached hydrogens (tertiary/aromatic N) is 2. The molecule has 1 fully saturated rings. The molecule has 0 radical (unpaired) electrons. The van der Waals surface area contributed by atoms with Crippen molar-refractivity contribution in [1.82, 2.24) is 0 Å². The standard InChI is InChI=1S/C25H23N3O7/c1-14-6-9-17(12-20(14)28(33)34)26-21(29)13-35-25(32)16-7-10-18(11-8-16)27-23(30)19-5-3-4-15(2)22(19)24(27)31/h3-4,6-12,15,19,22H,5,13H2,1-2H3,(H,26,29)/t15-,19-,22+/m1/s1. The number of benzene rings is 2. The number of ether oxygens (including phenoxy) is 1. The number of aryl methyl sites for hydroxylation is 1. The Balaban J connectivity index is 1.36. The summed E-state index contributed by atoms with van der Waals surface area (Å²) >= 11 is 0. The number of carbonyl (C=O) groups excluding carboxylic acids is 4. The van der Waals surface area contributed by atoms with Crippen molar-refractivity contribution in [3.8, 4) is 0 Å². The molecule has 0 spiro atoms. The van der Waals surface area contributed by atoms with Crippen LogP contribution in [0.3, 0.4) is 0 Å². The summed E-state index contributed by atoms with van der Waals surface area (Å²) in [5, 5.41) is 13.5. The Morgan fingerprint density at radius 2 is 1.86 bits per heavy atom. The summed E-state index contributed by atoms with van der Waals surface area (Å²) in [5.74, 6) is -2.72. The minimum absolute atomic E-state index is 0.0263. The summed E-state index contributed by atoms with van der Waals surface area (Å²) in [4.78, 5) is 61.8. The van der Waals surface area contributed by atoms with E-state index in [2.05, 4.69) is 5.32 Å². The molecule has 1 aliphatic carbocycles. The van der Waals surface area contributed by atoms with Crippen LogP contribution in [0.15, 0.2) is 54.6 Å². The molecule has 1 saturated heterocycles. The first-order valence-electron chi connectivity index (χ1n) is 11.0. The number of allylic oxidation sites excluding steroid dienone is 2. The molecule has 0 bridgehead atoms. The van der Waals surface area contributed by atoms with Gasteiger partial charge in [-0.05, 0) is 49.6 Å². The van der Waals surface area contributed by atoms with E-state index in [0.717, 1.165) is 0 Å². The van der Waals surface area contributed by atoms with Gasteiger partial charge in [-0.1, -0.05) is 25.1 Å². The molecule has 0 saturated carbocycles. The van der Waals surface area contributed by atoms with Crippen molar-refractivity contribution in [2.75, 3.05) is 16.8 Å². The third-order valence-electron chi connectivity index (χ3n) is 6.26. The fourth-order valence-corrected chi connectivity index (χ4v) is 4.44. The second kappa shape index (κ2) is 9.49. The maximum Gasteiger partial charge on any atom is 0.338 e. The Morgan fingerprint density at radius 3 is 2.51 bits per heavy atom. The largest absolute Gasteiger partial charge is 0.452 e. The molecular formula is C25H23N3O7. The molecule has 10 nitrogen and oxygen atoms in total. The molecule has 2 aromatic carbocycles. The molecule has 0 aromatic heterocycles. The van der Waals surface area contributed by atoms with E-state index in [0.29, 0.717) is 17.7 Å². The lowest BCUT2D eigenvalue weighted by Crippen LogP contribution is -2.31. The van der Waals surface area contributed by atoms with Gasteiger partial charge in [-0.3, -0.25) is 29.4 Å². The highest BCUT2D eigenvalue weighted by Crippen LogP contribution is 2.40. The van der Waals surface area contributed by atoms with Crippen LogP contribution in [0.4, 0.5) is 17.1 Å². The number of hydrogen-bond donors (Lipinski definition) is 1. The van der Waals surface area contributed by atoms with Crippen molar-refractivity contribution >= 4 is 40.8 Å². The first kappa shape index (κ1) is 23.8. The average molecular weight is 477 g/mol. The van der Waals surface area contributed by atoms with Gasteiger partial charge < -0.3 is 10.1 Å². The molecule has 4 rings (SSSR count). The number of hydrogen-bond acceptors (Lipinski definition) is 7. The fraction of sp³-hybridized carbons (Fsp3) is 0.280. The molecule has 2 aliphatic rings. The zero-order valence-corrected chi connectivity index (χ0v) is 19.1. The van der Waals surface area contributed by atoms with Gasteiger partial charge in [0.1, 0.15) is 0 Å². The van der Waals surface area contributed by atoms with Gasteiger partial charge in [-0.2, -0.15) is 0 Å². The van der Waals surface area contributed by atoms with E-state index in [1.54, 1.807) is 6.92 Å². The normalized spacial score (nSPS) is 21.0. The second-order valence-electron chi connectivity index (χ2n) is 8.60. The van der Waals surface area contributed by atoms with Crippen molar-refractivity contribution in [3.05, 3.63) is 75.9 Å². The highest BCUT2D eigenvalue weighted by atomic mass is 16.6. The van der Waals surface area contributed by atoms with Crippen molar-refractivity contribution in [3.63, 3.8) is 0 Å². The van der Waals surface area contributed by atoms with Gasteiger partial charge in [0.05, 0.1) is 28.0 Å². The smallest absolute Gasteiger partial charge is 0.338 e. The third kappa shape index (κ3) is 4.68. The van der Waals surface area contributed by atoms with Crippen LogP contribution in [0.5, 0.6) is 0 Å². The van der Waals surface area contributed by atoms with Gasteiger partial charge in [0.25, 0.3) is 11.6 Å². The Hall–Kier alpha value is -4.34. The summed E-state index contributed by atoms with van der Waals surface area (Å²) in [6, 6.07) is 10.1. The van der Waals surface area contributed by atoms with E-state index >= 15 is 0 Å². The molecular weight excluding hydrogens is 454 g/mol.